The largest absolute Gasteiger partial charge is 0.459 e. The van der Waals surface area contributed by atoms with E-state index in [0.717, 1.165) is 26.8 Å². The molecule has 188 valence electrons. The average molecular weight is 492 g/mol. The van der Waals surface area contributed by atoms with E-state index in [2.05, 4.69) is 22.4 Å². The molecule has 0 spiro atoms. The predicted octanol–water partition coefficient (Wildman–Crippen LogP) is 2.96. The van der Waals surface area contributed by atoms with E-state index in [1.165, 1.54) is 6.07 Å². The van der Waals surface area contributed by atoms with Crippen molar-refractivity contribution in [2.75, 3.05) is 13.2 Å². The average Bonchev–Trinajstić information content (AvgIpc) is 3.12. The summed E-state index contributed by atoms with van der Waals surface area (Å²) >= 11 is 0. The monoisotopic (exact) mass is 491 g/mol. The number of hydrogen-bond acceptors (Lipinski definition) is 6. The first-order valence-electron chi connectivity index (χ1n) is 11.8. The Bertz CT molecular complexity index is 1350. The van der Waals surface area contributed by atoms with Crippen molar-refractivity contribution in [3.8, 4) is 11.1 Å². The number of hydrogen-bond donors (Lipinski definition) is 2. The highest BCUT2D eigenvalue weighted by molar-refractivity contribution is 5.79. The zero-order valence-electron chi connectivity index (χ0n) is 20.5. The third-order valence-electron chi connectivity index (χ3n) is 5.82. The summed E-state index contributed by atoms with van der Waals surface area (Å²) in [6.07, 6.45) is -0.464. The first-order chi connectivity index (χ1) is 17.1. The molecule has 0 atom stereocenters. The highest BCUT2D eigenvalue weighted by atomic mass is 16.6. The van der Waals surface area contributed by atoms with Crippen LogP contribution in [0.5, 0.6) is 0 Å². The molecule has 2 N–H and O–H groups in total. The molecule has 1 aromatic heterocycles. The topological polar surface area (TPSA) is 119 Å². The lowest BCUT2D eigenvalue weighted by Crippen LogP contribution is -2.37. The van der Waals surface area contributed by atoms with Gasteiger partial charge in [0.2, 0.25) is 0 Å². The summed E-state index contributed by atoms with van der Waals surface area (Å²) in [7, 11) is 0. The molecule has 0 radical (unpaired) electrons. The van der Waals surface area contributed by atoms with Gasteiger partial charge in [0.1, 0.15) is 18.8 Å². The molecule has 4 rings (SSSR count). The van der Waals surface area contributed by atoms with Gasteiger partial charge in [-0.3, -0.25) is 19.1 Å². The van der Waals surface area contributed by atoms with Crippen molar-refractivity contribution >= 4 is 12.1 Å². The van der Waals surface area contributed by atoms with E-state index in [1.54, 1.807) is 20.8 Å². The van der Waals surface area contributed by atoms with Gasteiger partial charge in [0.25, 0.3) is 5.56 Å². The van der Waals surface area contributed by atoms with Crippen molar-refractivity contribution < 1.29 is 19.1 Å². The zero-order valence-corrected chi connectivity index (χ0v) is 20.5. The van der Waals surface area contributed by atoms with Crippen LogP contribution in [-0.4, -0.2) is 40.4 Å². The smallest absolute Gasteiger partial charge is 0.407 e. The van der Waals surface area contributed by atoms with Crippen molar-refractivity contribution in [3.63, 3.8) is 0 Å². The minimum Gasteiger partial charge on any atom is -0.459 e. The molecule has 9 nitrogen and oxygen atoms in total. The lowest BCUT2D eigenvalue weighted by atomic mass is 9.98. The third kappa shape index (κ3) is 5.73. The molecule has 36 heavy (non-hydrogen) atoms. The van der Waals surface area contributed by atoms with Crippen LogP contribution in [-0.2, 0) is 27.2 Å². The lowest BCUT2D eigenvalue weighted by Gasteiger charge is -2.20. The number of esters is 1. The maximum atomic E-state index is 12.4. The number of nitrogens with zero attached hydrogens (tertiary/aromatic N) is 1. The van der Waals surface area contributed by atoms with Crippen LogP contribution >= 0.6 is 0 Å². The third-order valence-corrected chi connectivity index (χ3v) is 5.82. The van der Waals surface area contributed by atoms with Crippen molar-refractivity contribution in [2.24, 2.45) is 0 Å². The number of amides is 1. The quantitative estimate of drug-likeness (QED) is 0.491. The lowest BCUT2D eigenvalue weighted by molar-refractivity contribution is -0.155. The molecule has 1 aliphatic carbocycles. The van der Waals surface area contributed by atoms with Gasteiger partial charge in [-0.05, 0) is 43.0 Å². The van der Waals surface area contributed by atoms with E-state index < -0.39 is 28.9 Å². The Morgan fingerprint density at radius 3 is 2.22 bits per heavy atom. The number of carbonyl (C=O) groups excluding carboxylic acids is 2. The number of aromatic nitrogens is 2. The van der Waals surface area contributed by atoms with E-state index in [0.29, 0.717) is 5.69 Å². The second kappa shape index (κ2) is 10.2. The Hall–Kier alpha value is -4.14. The van der Waals surface area contributed by atoms with Crippen LogP contribution in [0.3, 0.4) is 0 Å². The standard InChI is InChI=1S/C27H29N3O6/c1-27(2,3)36-24(32)15-30-17(14-23(31)29-25(30)33)12-13-28-26(34)35-16-22-20-10-6-4-8-18(20)19-9-5-7-11-21(19)22/h4-11,14,22H,12-13,15-16H2,1-3H3,(H,28,34)(H,29,31,33). The molecule has 3 aromatic rings. The number of ether oxygens (including phenoxy) is 2. The number of fused-ring (bicyclic) bond motifs is 3. The Balaban J connectivity index is 1.36. The summed E-state index contributed by atoms with van der Waals surface area (Å²) in [5.74, 6) is -0.669. The molecule has 0 aliphatic heterocycles. The van der Waals surface area contributed by atoms with Gasteiger partial charge in [-0.25, -0.2) is 9.59 Å². The highest BCUT2D eigenvalue weighted by Gasteiger charge is 2.29. The van der Waals surface area contributed by atoms with Gasteiger partial charge in [0.15, 0.2) is 0 Å². The minimum absolute atomic E-state index is 0.0603. The van der Waals surface area contributed by atoms with E-state index in [1.807, 2.05) is 36.4 Å². The van der Waals surface area contributed by atoms with Crippen LogP contribution < -0.4 is 16.6 Å². The van der Waals surface area contributed by atoms with Gasteiger partial charge < -0.3 is 14.8 Å². The van der Waals surface area contributed by atoms with Crippen molar-refractivity contribution in [2.45, 2.75) is 45.3 Å². The number of carbonyl (C=O) groups is 2. The molecule has 1 amide bonds. The SMILES string of the molecule is CC(C)(C)OC(=O)Cn1c(CCNC(=O)OCC2c3ccccc3-c3ccccc32)cc(=O)[nH]c1=O. The molecule has 0 fully saturated rings. The normalized spacial score (nSPS) is 12.5. The first kappa shape index (κ1) is 25.0. The number of H-pyrrole nitrogens is 1. The van der Waals surface area contributed by atoms with Crippen LogP contribution in [0.2, 0.25) is 0 Å². The van der Waals surface area contributed by atoms with Gasteiger partial charge >= 0.3 is 17.8 Å². The molecule has 0 bridgehead atoms. The number of benzene rings is 2. The summed E-state index contributed by atoms with van der Waals surface area (Å²) in [4.78, 5) is 50.9. The Morgan fingerprint density at radius 2 is 1.61 bits per heavy atom. The van der Waals surface area contributed by atoms with Crippen LogP contribution in [0.1, 0.15) is 43.5 Å². The molecule has 0 unspecified atom stereocenters. The van der Waals surface area contributed by atoms with Crippen molar-refractivity contribution in [1.29, 1.82) is 0 Å². The predicted molar refractivity (Wildman–Crippen MR) is 134 cm³/mol. The van der Waals surface area contributed by atoms with E-state index in [4.69, 9.17) is 9.47 Å². The Morgan fingerprint density at radius 1 is 1.00 bits per heavy atom. The molecule has 1 heterocycles. The highest BCUT2D eigenvalue weighted by Crippen LogP contribution is 2.44. The number of rotatable bonds is 7. The number of alkyl carbamates (subject to hydrolysis) is 1. The summed E-state index contributed by atoms with van der Waals surface area (Å²) in [6, 6.07) is 17.3. The Kier molecular flexibility index (Phi) is 7.10. The fourth-order valence-electron chi connectivity index (χ4n) is 4.39. The second-order valence-electron chi connectivity index (χ2n) is 9.60. The summed E-state index contributed by atoms with van der Waals surface area (Å²) < 4.78 is 11.9. The van der Waals surface area contributed by atoms with Crippen molar-refractivity contribution in [1.82, 2.24) is 14.9 Å². The maximum absolute atomic E-state index is 12.4. The number of aromatic amines is 1. The van der Waals surface area contributed by atoms with Gasteiger partial charge in [0, 0.05) is 30.6 Å². The summed E-state index contributed by atoms with van der Waals surface area (Å²) in [6.45, 7) is 5.09. The van der Waals surface area contributed by atoms with Gasteiger partial charge in [0.05, 0.1) is 0 Å². The molecule has 1 aliphatic rings. The summed E-state index contributed by atoms with van der Waals surface area (Å²) in [5.41, 5.74) is 2.78. The van der Waals surface area contributed by atoms with Crippen LogP contribution in [0.25, 0.3) is 11.1 Å². The van der Waals surface area contributed by atoms with E-state index in [-0.39, 0.29) is 32.0 Å². The fraction of sp³-hybridized carbons (Fsp3) is 0.333. The van der Waals surface area contributed by atoms with E-state index >= 15 is 0 Å². The second-order valence-corrected chi connectivity index (χ2v) is 9.60. The maximum Gasteiger partial charge on any atom is 0.407 e. The van der Waals surface area contributed by atoms with E-state index in [9.17, 15) is 19.2 Å². The van der Waals surface area contributed by atoms with Gasteiger partial charge in [-0.15, -0.1) is 0 Å². The molecular formula is C27H29N3O6. The Labute approximate surface area is 208 Å². The van der Waals surface area contributed by atoms with Crippen LogP contribution in [0.4, 0.5) is 4.79 Å². The zero-order chi connectivity index (χ0) is 25.9. The van der Waals surface area contributed by atoms with Gasteiger partial charge in [-0.2, -0.15) is 0 Å². The molecule has 0 saturated carbocycles. The fourth-order valence-corrected chi connectivity index (χ4v) is 4.39. The summed E-state index contributed by atoms with van der Waals surface area (Å²) in [5, 5.41) is 2.66. The number of nitrogens with one attached hydrogen (secondary N) is 2. The van der Waals surface area contributed by atoms with Crippen LogP contribution in [0.15, 0.2) is 64.2 Å². The molecule has 2 aromatic carbocycles. The van der Waals surface area contributed by atoms with Crippen LogP contribution in [0, 0.1) is 0 Å². The molecule has 9 heteroatoms. The molecular weight excluding hydrogens is 462 g/mol. The molecule has 0 saturated heterocycles. The first-order valence-corrected chi connectivity index (χ1v) is 11.8. The van der Waals surface area contributed by atoms with Crippen molar-refractivity contribution in [3.05, 3.63) is 92.3 Å². The minimum atomic E-state index is -0.718. The van der Waals surface area contributed by atoms with Gasteiger partial charge in [-0.1, -0.05) is 48.5 Å².